The smallest absolute Gasteiger partial charge is 0.340 e. The van der Waals surface area contributed by atoms with Gasteiger partial charge in [-0.3, -0.25) is 4.79 Å². The first-order valence-corrected chi connectivity index (χ1v) is 8.49. The number of benzene rings is 2. The third kappa shape index (κ3) is 4.08. The zero-order valence-electron chi connectivity index (χ0n) is 15.3. The van der Waals surface area contributed by atoms with Gasteiger partial charge >= 0.3 is 11.6 Å². The summed E-state index contributed by atoms with van der Waals surface area (Å²) in [5.41, 5.74) is 2.97. The quantitative estimate of drug-likeness (QED) is 0.488. The Morgan fingerprint density at radius 1 is 1.19 bits per heavy atom. The van der Waals surface area contributed by atoms with Crippen molar-refractivity contribution in [3.63, 3.8) is 0 Å². The Morgan fingerprint density at radius 3 is 2.59 bits per heavy atom. The Bertz CT molecular complexity index is 1040. The van der Waals surface area contributed by atoms with Gasteiger partial charge in [0.2, 0.25) is 0 Å². The van der Waals surface area contributed by atoms with Crippen molar-refractivity contribution in [1.29, 1.82) is 0 Å². The minimum atomic E-state index is -0.539. The van der Waals surface area contributed by atoms with Crippen molar-refractivity contribution in [2.45, 2.75) is 20.0 Å². The van der Waals surface area contributed by atoms with Crippen LogP contribution >= 0.6 is 0 Å². The van der Waals surface area contributed by atoms with Crippen LogP contribution in [0.5, 0.6) is 5.75 Å². The molecule has 138 valence electrons. The SMILES string of the molecule is C=Cc1ccc(COc2ccc3c(C)c(CC(=O)OC)c(=O)oc3c2)cc1. The van der Waals surface area contributed by atoms with Gasteiger partial charge in [-0.25, -0.2) is 4.79 Å². The molecule has 5 heteroatoms. The normalized spacial score (nSPS) is 10.6. The van der Waals surface area contributed by atoms with Crippen molar-refractivity contribution in [3.8, 4) is 5.75 Å². The van der Waals surface area contributed by atoms with Gasteiger partial charge in [0.15, 0.2) is 0 Å². The molecule has 0 aliphatic heterocycles. The molecule has 27 heavy (non-hydrogen) atoms. The number of aryl methyl sites for hydroxylation is 1. The highest BCUT2D eigenvalue weighted by molar-refractivity contribution is 5.84. The van der Waals surface area contributed by atoms with Gasteiger partial charge in [-0.1, -0.05) is 36.9 Å². The van der Waals surface area contributed by atoms with Crippen molar-refractivity contribution in [1.82, 2.24) is 0 Å². The van der Waals surface area contributed by atoms with Crippen LogP contribution in [0.1, 0.15) is 22.3 Å². The van der Waals surface area contributed by atoms with E-state index in [1.807, 2.05) is 36.4 Å². The van der Waals surface area contributed by atoms with Crippen molar-refractivity contribution in [2.75, 3.05) is 7.11 Å². The number of esters is 1. The minimum absolute atomic E-state index is 0.112. The fourth-order valence-corrected chi connectivity index (χ4v) is 2.80. The average Bonchev–Trinajstić information content (AvgIpc) is 2.69. The molecule has 5 nitrogen and oxygen atoms in total. The lowest BCUT2D eigenvalue weighted by Crippen LogP contribution is -2.16. The topological polar surface area (TPSA) is 65.7 Å². The highest BCUT2D eigenvalue weighted by Crippen LogP contribution is 2.25. The minimum Gasteiger partial charge on any atom is -0.489 e. The Morgan fingerprint density at radius 2 is 1.93 bits per heavy atom. The summed E-state index contributed by atoms with van der Waals surface area (Å²) in [6.07, 6.45) is 1.67. The molecular weight excluding hydrogens is 344 g/mol. The fraction of sp³-hybridized carbons (Fsp3) is 0.182. The molecule has 0 fully saturated rings. The standard InChI is InChI=1S/C22H20O5/c1-4-15-5-7-16(8-6-15)13-26-17-9-10-18-14(2)19(12-21(23)25-3)22(24)27-20(18)11-17/h4-11H,1,12-13H2,2-3H3. The van der Waals surface area contributed by atoms with Gasteiger partial charge in [-0.2, -0.15) is 0 Å². The molecule has 0 aliphatic rings. The maximum atomic E-state index is 12.2. The van der Waals surface area contributed by atoms with Crippen molar-refractivity contribution in [2.24, 2.45) is 0 Å². The van der Waals surface area contributed by atoms with Crippen LogP contribution in [-0.4, -0.2) is 13.1 Å². The number of hydrogen-bond acceptors (Lipinski definition) is 5. The number of fused-ring (bicyclic) bond motifs is 1. The van der Waals surface area contributed by atoms with E-state index in [0.29, 0.717) is 29.1 Å². The molecule has 0 unspecified atom stereocenters. The van der Waals surface area contributed by atoms with E-state index in [1.54, 1.807) is 19.1 Å². The molecule has 0 amide bonds. The number of ether oxygens (including phenoxy) is 2. The van der Waals surface area contributed by atoms with Crippen LogP contribution in [0.25, 0.3) is 17.0 Å². The Labute approximate surface area is 156 Å². The molecule has 1 heterocycles. The molecule has 1 aromatic heterocycles. The first kappa shape index (κ1) is 18.5. The first-order valence-electron chi connectivity index (χ1n) is 8.49. The van der Waals surface area contributed by atoms with Gasteiger partial charge in [0.1, 0.15) is 17.9 Å². The van der Waals surface area contributed by atoms with E-state index < -0.39 is 11.6 Å². The zero-order chi connectivity index (χ0) is 19.4. The second-order valence-electron chi connectivity index (χ2n) is 6.14. The molecule has 0 bridgehead atoms. The summed E-state index contributed by atoms with van der Waals surface area (Å²) >= 11 is 0. The van der Waals surface area contributed by atoms with E-state index in [1.165, 1.54) is 7.11 Å². The van der Waals surface area contributed by atoms with Gasteiger partial charge in [-0.15, -0.1) is 0 Å². The largest absolute Gasteiger partial charge is 0.489 e. The Hall–Kier alpha value is -3.34. The van der Waals surface area contributed by atoms with E-state index in [2.05, 4.69) is 11.3 Å². The molecule has 3 aromatic rings. The maximum Gasteiger partial charge on any atom is 0.340 e. The summed E-state index contributed by atoms with van der Waals surface area (Å²) in [5.74, 6) is 0.116. The second kappa shape index (κ2) is 7.91. The molecule has 3 rings (SSSR count). The van der Waals surface area contributed by atoms with Crippen LogP contribution < -0.4 is 10.4 Å². The monoisotopic (exact) mass is 364 g/mol. The number of methoxy groups -OCH3 is 1. The molecule has 0 radical (unpaired) electrons. The van der Waals surface area contributed by atoms with Gasteiger partial charge in [0.25, 0.3) is 0 Å². The van der Waals surface area contributed by atoms with Gasteiger partial charge in [0.05, 0.1) is 19.1 Å². The summed E-state index contributed by atoms with van der Waals surface area (Å²) in [6.45, 7) is 5.92. The van der Waals surface area contributed by atoms with Gasteiger partial charge in [0, 0.05) is 11.5 Å². The van der Waals surface area contributed by atoms with Crippen LogP contribution in [-0.2, 0) is 22.6 Å². The van der Waals surface area contributed by atoms with E-state index in [9.17, 15) is 9.59 Å². The number of rotatable bonds is 6. The third-order valence-corrected chi connectivity index (χ3v) is 4.43. The molecule has 0 aliphatic carbocycles. The zero-order valence-corrected chi connectivity index (χ0v) is 15.3. The molecule has 0 saturated heterocycles. The van der Waals surface area contributed by atoms with E-state index >= 15 is 0 Å². The molecule has 0 atom stereocenters. The summed E-state index contributed by atoms with van der Waals surface area (Å²) < 4.78 is 15.8. The highest BCUT2D eigenvalue weighted by atomic mass is 16.5. The first-order chi connectivity index (χ1) is 13.0. The van der Waals surface area contributed by atoms with Crippen molar-refractivity contribution >= 4 is 23.0 Å². The average molecular weight is 364 g/mol. The summed E-state index contributed by atoms with van der Waals surface area (Å²) in [4.78, 5) is 23.7. The van der Waals surface area contributed by atoms with Gasteiger partial charge in [-0.05, 0) is 35.7 Å². The Balaban J connectivity index is 1.84. The predicted octanol–water partition coefficient (Wildman–Crippen LogP) is 4.04. The molecule has 2 aromatic carbocycles. The maximum absolute atomic E-state index is 12.2. The number of carbonyl (C=O) groups is 1. The summed E-state index contributed by atoms with van der Waals surface area (Å²) in [5, 5.41) is 0.760. The predicted molar refractivity (Wildman–Crippen MR) is 104 cm³/mol. The fourth-order valence-electron chi connectivity index (χ4n) is 2.80. The van der Waals surface area contributed by atoms with Gasteiger partial charge < -0.3 is 13.9 Å². The lowest BCUT2D eigenvalue weighted by Gasteiger charge is -2.10. The van der Waals surface area contributed by atoms with E-state index in [4.69, 9.17) is 9.15 Å². The third-order valence-electron chi connectivity index (χ3n) is 4.43. The van der Waals surface area contributed by atoms with Crippen LogP contribution in [0.4, 0.5) is 0 Å². The summed E-state index contributed by atoms with van der Waals surface area (Å²) in [7, 11) is 1.29. The van der Waals surface area contributed by atoms with Crippen LogP contribution in [0.15, 0.2) is 58.3 Å². The molecule has 0 saturated carbocycles. The van der Waals surface area contributed by atoms with E-state index in [-0.39, 0.29) is 6.42 Å². The second-order valence-corrected chi connectivity index (χ2v) is 6.14. The lowest BCUT2D eigenvalue weighted by atomic mass is 10.0. The van der Waals surface area contributed by atoms with Crippen molar-refractivity contribution in [3.05, 3.63) is 81.7 Å². The van der Waals surface area contributed by atoms with E-state index in [0.717, 1.165) is 16.5 Å². The summed E-state index contributed by atoms with van der Waals surface area (Å²) in [6, 6.07) is 13.2. The van der Waals surface area contributed by atoms with Crippen molar-refractivity contribution < 1.29 is 18.7 Å². The molecule has 0 N–H and O–H groups in total. The Kier molecular flexibility index (Phi) is 5.41. The molecule has 0 spiro atoms. The highest BCUT2D eigenvalue weighted by Gasteiger charge is 2.15. The van der Waals surface area contributed by atoms with Crippen LogP contribution in [0.3, 0.4) is 0 Å². The number of carbonyl (C=O) groups excluding carboxylic acids is 1. The van der Waals surface area contributed by atoms with Crippen LogP contribution in [0.2, 0.25) is 0 Å². The molecular formula is C22H20O5. The van der Waals surface area contributed by atoms with Crippen LogP contribution in [0, 0.1) is 6.92 Å². The number of hydrogen-bond donors (Lipinski definition) is 0. The lowest BCUT2D eigenvalue weighted by molar-refractivity contribution is -0.139.